The average molecular weight is 498 g/mol. The number of halogens is 1. The maximum absolute atomic E-state index is 13.8. The molecule has 8 nitrogen and oxygen atoms in total. The van der Waals surface area contributed by atoms with Crippen LogP contribution < -0.4 is 16.2 Å². The summed E-state index contributed by atoms with van der Waals surface area (Å²) in [5.74, 6) is 1.03. The van der Waals surface area contributed by atoms with Crippen molar-refractivity contribution in [1.82, 2.24) is 29.6 Å². The predicted octanol–water partition coefficient (Wildman–Crippen LogP) is 4.19. The number of anilines is 2. The Bertz CT molecular complexity index is 1630. The third-order valence-corrected chi connectivity index (χ3v) is 8.60. The Balaban J connectivity index is 1.21. The molecule has 188 valence electrons. The number of hydrogen-bond donors (Lipinski definition) is 2. The zero-order valence-electron chi connectivity index (χ0n) is 20.5. The van der Waals surface area contributed by atoms with Crippen LogP contribution in [0.4, 0.5) is 16.0 Å². The molecule has 9 heteroatoms. The normalized spacial score (nSPS) is 20.7. The largest absolute Gasteiger partial charge is 0.324 e. The first-order valence-corrected chi connectivity index (χ1v) is 13.3. The molecule has 2 N–H and O–H groups in total. The van der Waals surface area contributed by atoms with Crippen LogP contribution in [-0.2, 0) is 17.4 Å². The molecule has 0 bridgehead atoms. The molecule has 4 heterocycles. The van der Waals surface area contributed by atoms with Crippen LogP contribution in [0, 0.1) is 0 Å². The van der Waals surface area contributed by atoms with Crippen molar-refractivity contribution in [3.05, 3.63) is 69.8 Å². The van der Waals surface area contributed by atoms with Crippen molar-refractivity contribution in [3.63, 3.8) is 0 Å². The molecular formula is C28H28FN7O. The smallest absolute Gasteiger partial charge is 0.278 e. The first-order valence-electron chi connectivity index (χ1n) is 13.3. The van der Waals surface area contributed by atoms with E-state index in [1.807, 2.05) is 22.9 Å². The number of hydrogen-bond acceptors (Lipinski definition) is 6. The van der Waals surface area contributed by atoms with Crippen molar-refractivity contribution < 1.29 is 4.39 Å². The molecule has 4 aromatic rings. The summed E-state index contributed by atoms with van der Waals surface area (Å²) < 4.78 is 17.4. The molecule has 37 heavy (non-hydrogen) atoms. The van der Waals surface area contributed by atoms with Crippen LogP contribution in [-0.4, -0.2) is 37.5 Å². The molecule has 3 aromatic heterocycles. The third-order valence-electron chi connectivity index (χ3n) is 8.60. The SMILES string of the molecule is O=c1c2cnc(Nc3ccc4c(c3)CCNC43CC3)nc2n(-c2cccc(C3(CF)CC3)n2)n1C1CC1. The van der Waals surface area contributed by atoms with E-state index in [2.05, 4.69) is 33.8 Å². The van der Waals surface area contributed by atoms with E-state index in [9.17, 15) is 9.18 Å². The highest BCUT2D eigenvalue weighted by molar-refractivity contribution is 5.77. The van der Waals surface area contributed by atoms with Crippen LogP contribution in [0.3, 0.4) is 0 Å². The Morgan fingerprint density at radius 3 is 2.73 bits per heavy atom. The molecule has 1 aliphatic heterocycles. The van der Waals surface area contributed by atoms with Gasteiger partial charge in [-0.2, -0.15) is 4.98 Å². The second kappa shape index (κ2) is 7.47. The lowest BCUT2D eigenvalue weighted by Crippen LogP contribution is -2.36. The van der Waals surface area contributed by atoms with Crippen LogP contribution in [0.25, 0.3) is 16.9 Å². The molecule has 1 aromatic carbocycles. The predicted molar refractivity (Wildman–Crippen MR) is 138 cm³/mol. The van der Waals surface area contributed by atoms with Crippen molar-refractivity contribution in [2.75, 3.05) is 18.5 Å². The maximum atomic E-state index is 13.8. The molecule has 8 rings (SSSR count). The standard InChI is InChI=1S/C28H28FN7O/c29-16-27(9-10-27)22-2-1-3-23(33-22)36-24-20(25(37)35(36)19-5-6-19)15-30-26(34-24)32-18-4-7-21-17(14-18)8-13-31-28(21)11-12-28/h1-4,7,14-15,19,31H,5-6,8-13,16H2,(H,30,32,34). The van der Waals surface area contributed by atoms with Crippen molar-refractivity contribution >= 4 is 22.7 Å². The number of fused-ring (bicyclic) bond motifs is 3. The van der Waals surface area contributed by atoms with Crippen molar-refractivity contribution in [1.29, 1.82) is 0 Å². The Labute approximate surface area is 212 Å². The van der Waals surface area contributed by atoms with E-state index in [1.165, 1.54) is 24.0 Å². The van der Waals surface area contributed by atoms with Gasteiger partial charge in [-0.1, -0.05) is 12.1 Å². The lowest BCUT2D eigenvalue weighted by Gasteiger charge is -2.27. The number of rotatable bonds is 6. The van der Waals surface area contributed by atoms with E-state index in [0.29, 0.717) is 22.8 Å². The molecule has 0 unspecified atom stereocenters. The summed E-state index contributed by atoms with van der Waals surface area (Å²) in [4.78, 5) is 27.5. The van der Waals surface area contributed by atoms with Gasteiger partial charge in [0.2, 0.25) is 5.95 Å². The minimum absolute atomic E-state index is 0.112. The first-order chi connectivity index (χ1) is 18.1. The van der Waals surface area contributed by atoms with Crippen molar-refractivity contribution in [2.45, 2.75) is 61.9 Å². The third kappa shape index (κ3) is 3.29. The van der Waals surface area contributed by atoms with Gasteiger partial charge >= 0.3 is 0 Å². The Kier molecular flexibility index (Phi) is 4.34. The van der Waals surface area contributed by atoms with Gasteiger partial charge in [0.25, 0.3) is 5.56 Å². The van der Waals surface area contributed by atoms with Gasteiger partial charge in [-0.05, 0) is 80.3 Å². The van der Waals surface area contributed by atoms with Crippen LogP contribution in [0.5, 0.6) is 0 Å². The highest BCUT2D eigenvalue weighted by Crippen LogP contribution is 2.49. The zero-order valence-corrected chi connectivity index (χ0v) is 20.5. The van der Waals surface area contributed by atoms with Gasteiger partial charge < -0.3 is 10.6 Å². The molecule has 0 amide bonds. The molecule has 0 atom stereocenters. The molecule has 1 spiro atoms. The van der Waals surface area contributed by atoms with E-state index < -0.39 is 12.1 Å². The van der Waals surface area contributed by atoms with Gasteiger partial charge in [0, 0.05) is 29.4 Å². The first kappa shape index (κ1) is 21.5. The molecule has 3 saturated carbocycles. The van der Waals surface area contributed by atoms with Crippen LogP contribution in [0.1, 0.15) is 61.4 Å². The topological polar surface area (TPSA) is 89.7 Å². The summed E-state index contributed by atoms with van der Waals surface area (Å²) in [6.45, 7) is 0.579. The highest BCUT2D eigenvalue weighted by atomic mass is 19.1. The monoisotopic (exact) mass is 497 g/mol. The van der Waals surface area contributed by atoms with Gasteiger partial charge in [-0.3, -0.25) is 9.18 Å². The quantitative estimate of drug-likeness (QED) is 0.415. The summed E-state index contributed by atoms with van der Waals surface area (Å²) in [5, 5.41) is 7.50. The van der Waals surface area contributed by atoms with Gasteiger partial charge in [-0.15, -0.1) is 0 Å². The van der Waals surface area contributed by atoms with E-state index >= 15 is 0 Å². The van der Waals surface area contributed by atoms with Gasteiger partial charge in [0.15, 0.2) is 11.5 Å². The van der Waals surface area contributed by atoms with Gasteiger partial charge in [0.1, 0.15) is 12.1 Å². The number of benzene rings is 1. The minimum Gasteiger partial charge on any atom is -0.324 e. The number of pyridine rings is 1. The molecule has 4 aliphatic rings. The lowest BCUT2D eigenvalue weighted by atomic mass is 9.92. The lowest BCUT2D eigenvalue weighted by molar-refractivity contribution is 0.411. The molecular weight excluding hydrogens is 469 g/mol. The molecule has 3 fully saturated rings. The van der Waals surface area contributed by atoms with Crippen LogP contribution >= 0.6 is 0 Å². The molecule has 0 radical (unpaired) electrons. The van der Waals surface area contributed by atoms with Crippen LogP contribution in [0.2, 0.25) is 0 Å². The Hall–Kier alpha value is -3.59. The Morgan fingerprint density at radius 1 is 1.11 bits per heavy atom. The van der Waals surface area contributed by atoms with Crippen LogP contribution in [0.15, 0.2) is 47.4 Å². The van der Waals surface area contributed by atoms with Gasteiger partial charge in [-0.25, -0.2) is 19.3 Å². The maximum Gasteiger partial charge on any atom is 0.278 e. The van der Waals surface area contributed by atoms with E-state index in [-0.39, 0.29) is 17.1 Å². The fraction of sp³-hybridized carbons (Fsp3) is 0.429. The number of alkyl halides is 1. The second-order valence-corrected chi connectivity index (χ2v) is 11.2. The summed E-state index contributed by atoms with van der Waals surface area (Å²) in [6, 6.07) is 12.3. The summed E-state index contributed by atoms with van der Waals surface area (Å²) in [5.41, 5.74) is 4.56. The van der Waals surface area contributed by atoms with E-state index in [0.717, 1.165) is 50.0 Å². The van der Waals surface area contributed by atoms with E-state index in [1.54, 1.807) is 10.9 Å². The second-order valence-electron chi connectivity index (χ2n) is 11.2. The fourth-order valence-corrected chi connectivity index (χ4v) is 5.95. The van der Waals surface area contributed by atoms with Gasteiger partial charge in [0.05, 0.1) is 11.7 Å². The zero-order chi connectivity index (χ0) is 24.8. The summed E-state index contributed by atoms with van der Waals surface area (Å²) in [7, 11) is 0. The van der Waals surface area contributed by atoms with E-state index in [4.69, 9.17) is 9.97 Å². The number of aromatic nitrogens is 5. The number of nitrogens with one attached hydrogen (secondary N) is 2. The van der Waals surface area contributed by atoms with Crippen molar-refractivity contribution in [2.24, 2.45) is 0 Å². The summed E-state index contributed by atoms with van der Waals surface area (Å²) in [6.07, 6.45) is 8.48. The van der Waals surface area contributed by atoms with Crippen molar-refractivity contribution in [3.8, 4) is 5.82 Å². The average Bonchev–Trinajstić information content (AvgIpc) is 3.80. The molecule has 3 aliphatic carbocycles. The number of nitrogens with zero attached hydrogens (tertiary/aromatic N) is 5. The highest BCUT2D eigenvalue weighted by Gasteiger charge is 2.47. The minimum atomic E-state index is -0.480. The Morgan fingerprint density at radius 2 is 1.97 bits per heavy atom. The molecule has 0 saturated heterocycles. The summed E-state index contributed by atoms with van der Waals surface area (Å²) >= 11 is 0. The fourth-order valence-electron chi connectivity index (χ4n) is 5.95.